The molecule has 6 nitrogen and oxygen atoms in total. The second kappa shape index (κ2) is 11.0. The Hall–Kier alpha value is -3.28. The molecule has 2 atom stereocenters. The molecular weight excluding hydrogens is 380 g/mol. The van der Waals surface area contributed by atoms with Crippen LogP contribution >= 0.6 is 0 Å². The number of hydrogen-bond acceptors (Lipinski definition) is 4. The molecule has 2 rings (SSSR count). The fraction of sp³-hybridized carbons (Fsp3) is 0.333. The van der Waals surface area contributed by atoms with Crippen molar-refractivity contribution in [3.63, 3.8) is 0 Å². The van der Waals surface area contributed by atoms with Crippen LogP contribution in [0.25, 0.3) is 6.08 Å². The van der Waals surface area contributed by atoms with E-state index < -0.39 is 6.04 Å². The minimum absolute atomic E-state index is 0.0753. The third kappa shape index (κ3) is 7.28. The molecule has 0 aliphatic rings. The van der Waals surface area contributed by atoms with Crippen LogP contribution in [-0.4, -0.2) is 31.1 Å². The van der Waals surface area contributed by atoms with Crippen molar-refractivity contribution in [1.29, 1.82) is 0 Å². The summed E-state index contributed by atoms with van der Waals surface area (Å²) >= 11 is 0. The summed E-state index contributed by atoms with van der Waals surface area (Å²) in [5.74, 6) is 0.906. The lowest BCUT2D eigenvalue weighted by Crippen LogP contribution is -2.45. The van der Waals surface area contributed by atoms with E-state index in [1.54, 1.807) is 20.1 Å². The van der Waals surface area contributed by atoms with E-state index in [2.05, 4.69) is 10.6 Å². The highest BCUT2D eigenvalue weighted by molar-refractivity contribution is 5.95. The predicted octanol–water partition coefficient (Wildman–Crippen LogP) is 3.88. The van der Waals surface area contributed by atoms with Crippen molar-refractivity contribution in [2.24, 2.45) is 0 Å². The van der Waals surface area contributed by atoms with Gasteiger partial charge in [0.25, 0.3) is 0 Å². The first kappa shape index (κ1) is 23.0. The van der Waals surface area contributed by atoms with Crippen LogP contribution in [0, 0.1) is 0 Å². The third-order valence-electron chi connectivity index (χ3n) is 4.38. The molecule has 0 radical (unpaired) electrons. The number of carbonyl (C=O) groups is 2. The first-order valence-corrected chi connectivity index (χ1v) is 9.98. The molecule has 0 aliphatic carbocycles. The van der Waals surface area contributed by atoms with Crippen LogP contribution in [0.5, 0.6) is 11.5 Å². The van der Waals surface area contributed by atoms with E-state index in [4.69, 9.17) is 9.47 Å². The number of rotatable bonds is 9. The van der Waals surface area contributed by atoms with E-state index >= 15 is 0 Å². The van der Waals surface area contributed by atoms with E-state index in [1.165, 1.54) is 6.08 Å². The Bertz CT molecular complexity index is 875. The van der Waals surface area contributed by atoms with Crippen LogP contribution in [0.3, 0.4) is 0 Å². The normalized spacial score (nSPS) is 13.0. The molecular formula is C24H30N2O4. The van der Waals surface area contributed by atoms with Gasteiger partial charge in [-0.15, -0.1) is 0 Å². The number of nitrogens with one attached hydrogen (secondary N) is 2. The molecule has 0 aliphatic heterocycles. The van der Waals surface area contributed by atoms with E-state index in [9.17, 15) is 9.59 Å². The summed E-state index contributed by atoms with van der Waals surface area (Å²) in [5.41, 5.74) is 1.79. The number of methoxy groups -OCH3 is 1. The summed E-state index contributed by atoms with van der Waals surface area (Å²) in [6, 6.07) is 14.0. The Morgan fingerprint density at radius 1 is 0.933 bits per heavy atom. The van der Waals surface area contributed by atoms with Gasteiger partial charge in [0.15, 0.2) is 0 Å². The lowest BCUT2D eigenvalue weighted by atomic mass is 10.1. The molecule has 6 heteroatoms. The summed E-state index contributed by atoms with van der Waals surface area (Å²) in [6.45, 7) is 7.47. The van der Waals surface area contributed by atoms with Gasteiger partial charge in [0.1, 0.15) is 17.5 Å². The molecule has 0 heterocycles. The molecule has 0 fully saturated rings. The fourth-order valence-electron chi connectivity index (χ4n) is 2.77. The van der Waals surface area contributed by atoms with Crippen LogP contribution in [0.4, 0.5) is 0 Å². The van der Waals surface area contributed by atoms with E-state index in [1.807, 2.05) is 69.3 Å². The SMILES string of the molecule is COc1ccc(/C=C/C(=O)NC(C)C(=O)NC(C)c2cccc(OC(C)C)c2)cc1. The summed E-state index contributed by atoms with van der Waals surface area (Å²) in [5, 5.41) is 5.60. The maximum Gasteiger partial charge on any atom is 0.244 e. The van der Waals surface area contributed by atoms with Gasteiger partial charge < -0.3 is 20.1 Å². The van der Waals surface area contributed by atoms with Gasteiger partial charge in [0, 0.05) is 6.08 Å². The zero-order valence-corrected chi connectivity index (χ0v) is 18.1. The molecule has 160 valence electrons. The molecule has 0 aromatic heterocycles. The summed E-state index contributed by atoms with van der Waals surface area (Å²) in [7, 11) is 1.60. The molecule has 2 aromatic carbocycles. The Morgan fingerprint density at radius 3 is 2.27 bits per heavy atom. The predicted molar refractivity (Wildman–Crippen MR) is 118 cm³/mol. The van der Waals surface area contributed by atoms with Gasteiger partial charge in [-0.05, 0) is 69.2 Å². The Kier molecular flexibility index (Phi) is 8.47. The number of benzene rings is 2. The van der Waals surface area contributed by atoms with Crippen molar-refractivity contribution in [3.05, 3.63) is 65.7 Å². The number of carbonyl (C=O) groups excluding carboxylic acids is 2. The standard InChI is InChI=1S/C24H30N2O4/c1-16(2)30-22-8-6-7-20(15-22)17(3)26-24(28)18(4)25-23(27)14-11-19-9-12-21(29-5)13-10-19/h6-18H,1-5H3,(H,25,27)(H,26,28)/b14-11+. The largest absolute Gasteiger partial charge is 0.497 e. The highest BCUT2D eigenvalue weighted by Gasteiger charge is 2.17. The van der Waals surface area contributed by atoms with Gasteiger partial charge in [-0.2, -0.15) is 0 Å². The minimum atomic E-state index is -0.671. The molecule has 2 aromatic rings. The lowest BCUT2D eigenvalue weighted by molar-refractivity contribution is -0.127. The second-order valence-electron chi connectivity index (χ2n) is 7.31. The van der Waals surface area contributed by atoms with Crippen LogP contribution in [-0.2, 0) is 9.59 Å². The molecule has 2 unspecified atom stereocenters. The number of hydrogen-bond donors (Lipinski definition) is 2. The highest BCUT2D eigenvalue weighted by atomic mass is 16.5. The molecule has 30 heavy (non-hydrogen) atoms. The van der Waals surface area contributed by atoms with Crippen LogP contribution in [0.1, 0.15) is 44.9 Å². The van der Waals surface area contributed by atoms with Crippen molar-refractivity contribution in [1.82, 2.24) is 10.6 Å². The van der Waals surface area contributed by atoms with Gasteiger partial charge in [-0.25, -0.2) is 0 Å². The van der Waals surface area contributed by atoms with Gasteiger partial charge in [-0.3, -0.25) is 9.59 Å². The summed E-state index contributed by atoms with van der Waals surface area (Å²) in [6.07, 6.45) is 3.16. The minimum Gasteiger partial charge on any atom is -0.497 e. The van der Waals surface area contributed by atoms with E-state index in [0.29, 0.717) is 0 Å². The zero-order chi connectivity index (χ0) is 22.1. The maximum absolute atomic E-state index is 12.5. The Balaban J connectivity index is 1.88. The third-order valence-corrected chi connectivity index (χ3v) is 4.38. The molecule has 0 spiro atoms. The topological polar surface area (TPSA) is 76.7 Å². The summed E-state index contributed by atoms with van der Waals surface area (Å²) in [4.78, 5) is 24.6. The van der Waals surface area contributed by atoms with Crippen molar-refractivity contribution >= 4 is 17.9 Å². The van der Waals surface area contributed by atoms with Crippen molar-refractivity contribution in [3.8, 4) is 11.5 Å². The van der Waals surface area contributed by atoms with Crippen LogP contribution < -0.4 is 20.1 Å². The first-order chi connectivity index (χ1) is 14.3. The molecule has 0 saturated carbocycles. The van der Waals surface area contributed by atoms with Crippen LogP contribution in [0.15, 0.2) is 54.6 Å². The number of ether oxygens (including phenoxy) is 2. The van der Waals surface area contributed by atoms with Gasteiger partial charge in [0.2, 0.25) is 11.8 Å². The molecule has 0 saturated heterocycles. The van der Waals surface area contributed by atoms with Crippen molar-refractivity contribution in [2.75, 3.05) is 7.11 Å². The average Bonchev–Trinajstić information content (AvgIpc) is 2.72. The molecule has 2 N–H and O–H groups in total. The smallest absolute Gasteiger partial charge is 0.244 e. The van der Waals surface area contributed by atoms with Crippen molar-refractivity contribution in [2.45, 2.75) is 45.9 Å². The molecule has 0 bridgehead atoms. The second-order valence-corrected chi connectivity index (χ2v) is 7.31. The Morgan fingerprint density at radius 2 is 1.63 bits per heavy atom. The number of amides is 2. The molecule has 2 amide bonds. The van der Waals surface area contributed by atoms with E-state index in [0.717, 1.165) is 22.6 Å². The monoisotopic (exact) mass is 410 g/mol. The average molecular weight is 411 g/mol. The quantitative estimate of drug-likeness (QED) is 0.615. The van der Waals surface area contributed by atoms with Gasteiger partial charge >= 0.3 is 0 Å². The maximum atomic E-state index is 12.5. The zero-order valence-electron chi connectivity index (χ0n) is 18.1. The van der Waals surface area contributed by atoms with Gasteiger partial charge in [-0.1, -0.05) is 24.3 Å². The first-order valence-electron chi connectivity index (χ1n) is 9.98. The van der Waals surface area contributed by atoms with Crippen molar-refractivity contribution < 1.29 is 19.1 Å². The lowest BCUT2D eigenvalue weighted by Gasteiger charge is -2.19. The highest BCUT2D eigenvalue weighted by Crippen LogP contribution is 2.20. The van der Waals surface area contributed by atoms with E-state index in [-0.39, 0.29) is 24.0 Å². The summed E-state index contributed by atoms with van der Waals surface area (Å²) < 4.78 is 10.8. The van der Waals surface area contributed by atoms with Crippen LogP contribution in [0.2, 0.25) is 0 Å². The van der Waals surface area contributed by atoms with Gasteiger partial charge in [0.05, 0.1) is 19.3 Å². The Labute approximate surface area is 178 Å². The fourth-order valence-corrected chi connectivity index (χ4v) is 2.77.